The quantitative estimate of drug-likeness (QED) is 0.512. The maximum absolute atomic E-state index is 12.9. The number of hydrogen-bond acceptors (Lipinski definition) is 7. The molecule has 4 rings (SSSR count). The Morgan fingerprint density at radius 3 is 2.55 bits per heavy atom. The van der Waals surface area contributed by atoms with Gasteiger partial charge < -0.3 is 14.7 Å². The molecular weight excluding hydrogens is 411 g/mol. The zero-order valence-electron chi connectivity index (χ0n) is 16.7. The molecule has 0 saturated carbocycles. The van der Waals surface area contributed by atoms with E-state index in [9.17, 15) is 18.4 Å². The average molecular weight is 427 g/mol. The SMILES string of the molecule is Cc1ncc2ccc(-c3nc(C#N)nc(NC(C)(C)c4cnc(C(F)(F)F)[nH]4)n3)cn12. The molecule has 4 aromatic rings. The number of rotatable bonds is 4. The van der Waals surface area contributed by atoms with Crippen molar-refractivity contribution in [1.29, 1.82) is 5.26 Å². The number of aromatic nitrogens is 7. The van der Waals surface area contributed by atoms with Gasteiger partial charge in [0, 0.05) is 11.8 Å². The molecule has 0 bridgehead atoms. The fraction of sp³-hybridized carbons (Fsp3) is 0.263. The van der Waals surface area contributed by atoms with Crippen LogP contribution in [0.3, 0.4) is 0 Å². The monoisotopic (exact) mass is 427 g/mol. The summed E-state index contributed by atoms with van der Waals surface area (Å²) in [4.78, 5) is 22.5. The second-order valence-electron chi connectivity index (χ2n) is 7.33. The molecule has 2 N–H and O–H groups in total. The van der Waals surface area contributed by atoms with Gasteiger partial charge in [-0.15, -0.1) is 0 Å². The number of nitriles is 1. The number of fused-ring (bicyclic) bond motifs is 1. The third-order valence-corrected chi connectivity index (χ3v) is 4.65. The van der Waals surface area contributed by atoms with Gasteiger partial charge in [0.15, 0.2) is 5.82 Å². The highest BCUT2D eigenvalue weighted by Gasteiger charge is 2.36. The molecule has 0 aliphatic rings. The van der Waals surface area contributed by atoms with E-state index in [1.807, 2.05) is 23.5 Å². The minimum Gasteiger partial charge on any atom is -0.344 e. The van der Waals surface area contributed by atoms with Gasteiger partial charge in [-0.2, -0.15) is 33.4 Å². The number of nitrogens with one attached hydrogen (secondary N) is 2. The minimum atomic E-state index is -4.59. The molecular formula is C19H16F3N9. The molecule has 158 valence electrons. The highest BCUT2D eigenvalue weighted by Crippen LogP contribution is 2.30. The second kappa shape index (κ2) is 7.05. The van der Waals surface area contributed by atoms with Gasteiger partial charge in [0.2, 0.25) is 17.6 Å². The van der Waals surface area contributed by atoms with E-state index in [2.05, 4.69) is 35.2 Å². The fourth-order valence-corrected chi connectivity index (χ4v) is 2.99. The molecule has 0 atom stereocenters. The van der Waals surface area contributed by atoms with Crippen molar-refractivity contribution in [2.24, 2.45) is 0 Å². The number of hydrogen-bond donors (Lipinski definition) is 2. The van der Waals surface area contributed by atoms with E-state index in [0.29, 0.717) is 5.56 Å². The maximum Gasteiger partial charge on any atom is 0.449 e. The largest absolute Gasteiger partial charge is 0.449 e. The summed E-state index contributed by atoms with van der Waals surface area (Å²) in [6.45, 7) is 5.12. The molecule has 0 amide bonds. The van der Waals surface area contributed by atoms with Crippen molar-refractivity contribution in [3.8, 4) is 17.5 Å². The van der Waals surface area contributed by atoms with Crippen LogP contribution < -0.4 is 5.32 Å². The highest BCUT2D eigenvalue weighted by molar-refractivity contribution is 5.60. The normalized spacial score (nSPS) is 12.2. The van der Waals surface area contributed by atoms with E-state index in [-0.39, 0.29) is 23.3 Å². The molecule has 0 spiro atoms. The minimum absolute atomic E-state index is 0.0390. The molecule has 12 heteroatoms. The van der Waals surface area contributed by atoms with Gasteiger partial charge in [-0.05, 0) is 32.9 Å². The van der Waals surface area contributed by atoms with E-state index in [1.165, 1.54) is 0 Å². The van der Waals surface area contributed by atoms with Gasteiger partial charge in [-0.25, -0.2) is 9.97 Å². The molecule has 0 saturated heterocycles. The number of pyridine rings is 1. The first-order valence-corrected chi connectivity index (χ1v) is 9.08. The molecule has 0 unspecified atom stereocenters. The van der Waals surface area contributed by atoms with Crippen LogP contribution in [0.1, 0.15) is 37.0 Å². The van der Waals surface area contributed by atoms with Gasteiger partial charge in [-0.3, -0.25) is 0 Å². The van der Waals surface area contributed by atoms with Crippen molar-refractivity contribution < 1.29 is 13.2 Å². The van der Waals surface area contributed by atoms with Crippen molar-refractivity contribution in [3.05, 3.63) is 53.9 Å². The number of aromatic amines is 1. The third kappa shape index (κ3) is 3.89. The number of H-pyrrole nitrogens is 1. The van der Waals surface area contributed by atoms with E-state index in [4.69, 9.17) is 0 Å². The van der Waals surface area contributed by atoms with E-state index >= 15 is 0 Å². The van der Waals surface area contributed by atoms with E-state index < -0.39 is 17.5 Å². The Balaban J connectivity index is 1.71. The fourth-order valence-electron chi connectivity index (χ4n) is 2.99. The molecule has 0 aromatic carbocycles. The Morgan fingerprint density at radius 1 is 1.10 bits per heavy atom. The number of imidazole rings is 2. The van der Waals surface area contributed by atoms with E-state index in [1.54, 1.807) is 32.3 Å². The molecule has 4 heterocycles. The van der Waals surface area contributed by atoms with Crippen LogP contribution in [-0.4, -0.2) is 34.3 Å². The maximum atomic E-state index is 12.9. The van der Waals surface area contributed by atoms with Crippen molar-refractivity contribution in [1.82, 2.24) is 34.3 Å². The number of alkyl halides is 3. The first kappa shape index (κ1) is 20.3. The lowest BCUT2D eigenvalue weighted by atomic mass is 10.0. The van der Waals surface area contributed by atoms with Crippen molar-refractivity contribution in [2.45, 2.75) is 32.5 Å². The Kier molecular flexibility index (Phi) is 4.61. The molecule has 31 heavy (non-hydrogen) atoms. The van der Waals surface area contributed by atoms with Gasteiger partial charge in [0.05, 0.1) is 29.1 Å². The lowest BCUT2D eigenvalue weighted by molar-refractivity contribution is -0.144. The lowest BCUT2D eigenvalue weighted by Crippen LogP contribution is -2.30. The molecule has 0 fully saturated rings. The van der Waals surface area contributed by atoms with Crippen LogP contribution in [0.2, 0.25) is 0 Å². The van der Waals surface area contributed by atoms with Crippen LogP contribution in [0.5, 0.6) is 0 Å². The van der Waals surface area contributed by atoms with Gasteiger partial charge >= 0.3 is 6.18 Å². The standard InChI is InChI=1S/C19H16F3N9/c1-10-24-7-12-5-4-11(9-31(10)12)15-27-14(6-23)28-17(29-15)30-18(2,3)13-8-25-16(26-13)19(20,21)22/h4-5,7-9H,1-3H3,(H,25,26)(H,27,28,29,30). The zero-order chi connectivity index (χ0) is 22.4. The van der Waals surface area contributed by atoms with Crippen LogP contribution in [0, 0.1) is 18.3 Å². The van der Waals surface area contributed by atoms with Crippen LogP contribution in [0.4, 0.5) is 19.1 Å². The first-order valence-electron chi connectivity index (χ1n) is 9.08. The summed E-state index contributed by atoms with van der Waals surface area (Å²) in [7, 11) is 0. The average Bonchev–Trinajstić information content (AvgIpc) is 3.35. The Hall–Kier alpha value is -4.01. The summed E-state index contributed by atoms with van der Waals surface area (Å²) in [6.07, 6.45) is 0.0154. The lowest BCUT2D eigenvalue weighted by Gasteiger charge is -2.25. The van der Waals surface area contributed by atoms with Gasteiger partial charge in [-0.1, -0.05) is 0 Å². The molecule has 0 radical (unpaired) electrons. The predicted molar refractivity (Wildman–Crippen MR) is 104 cm³/mol. The molecule has 0 aliphatic carbocycles. The molecule has 0 aliphatic heterocycles. The smallest absolute Gasteiger partial charge is 0.344 e. The summed E-state index contributed by atoms with van der Waals surface area (Å²) >= 11 is 0. The summed E-state index contributed by atoms with van der Waals surface area (Å²) < 4.78 is 40.5. The number of aryl methyl sites for hydroxylation is 1. The van der Waals surface area contributed by atoms with Crippen LogP contribution in [0.25, 0.3) is 16.9 Å². The van der Waals surface area contributed by atoms with Crippen molar-refractivity contribution in [3.63, 3.8) is 0 Å². The Labute approximate surface area is 174 Å². The molecule has 9 nitrogen and oxygen atoms in total. The molecule has 4 aromatic heterocycles. The number of halogens is 3. The first-order chi connectivity index (χ1) is 14.6. The van der Waals surface area contributed by atoms with Crippen LogP contribution in [0.15, 0.2) is 30.7 Å². The summed E-state index contributed by atoms with van der Waals surface area (Å²) in [5.41, 5.74) is 0.632. The van der Waals surface area contributed by atoms with Crippen LogP contribution >= 0.6 is 0 Å². The number of anilines is 1. The Morgan fingerprint density at radius 2 is 1.87 bits per heavy atom. The van der Waals surface area contributed by atoms with Gasteiger partial charge in [0.1, 0.15) is 11.9 Å². The van der Waals surface area contributed by atoms with Crippen LogP contribution in [-0.2, 0) is 11.7 Å². The van der Waals surface area contributed by atoms with Crippen molar-refractivity contribution >= 4 is 11.5 Å². The topological polar surface area (TPSA) is 120 Å². The summed E-state index contributed by atoms with van der Waals surface area (Å²) in [5.74, 6) is -0.190. The predicted octanol–water partition coefficient (Wildman–Crippen LogP) is 3.46. The third-order valence-electron chi connectivity index (χ3n) is 4.65. The second-order valence-corrected chi connectivity index (χ2v) is 7.33. The zero-order valence-corrected chi connectivity index (χ0v) is 16.7. The Bertz CT molecular complexity index is 1310. The summed E-state index contributed by atoms with van der Waals surface area (Å²) in [5, 5.41) is 12.3. The highest BCUT2D eigenvalue weighted by atomic mass is 19.4. The van der Waals surface area contributed by atoms with Crippen molar-refractivity contribution in [2.75, 3.05) is 5.32 Å². The van der Waals surface area contributed by atoms with E-state index in [0.717, 1.165) is 17.5 Å². The van der Waals surface area contributed by atoms with Gasteiger partial charge in [0.25, 0.3) is 0 Å². The number of nitrogens with zero attached hydrogens (tertiary/aromatic N) is 7. The summed E-state index contributed by atoms with van der Waals surface area (Å²) in [6, 6.07) is 5.50.